The van der Waals surface area contributed by atoms with Crippen LogP contribution in [0.15, 0.2) is 60.8 Å². The van der Waals surface area contributed by atoms with E-state index in [1.165, 1.54) is 25.4 Å². The average molecular weight is 619 g/mol. The molecule has 226 valence electrons. The van der Waals surface area contributed by atoms with Crippen molar-refractivity contribution in [3.63, 3.8) is 0 Å². The molecule has 0 unspecified atom stereocenters. The molecular weight excluding hydrogens is 590 g/mol. The predicted octanol–water partition coefficient (Wildman–Crippen LogP) is 7.49. The first kappa shape index (κ1) is 29.5. The summed E-state index contributed by atoms with van der Waals surface area (Å²) in [5.41, 5.74) is 2.49. The Morgan fingerprint density at radius 1 is 1.05 bits per heavy atom. The smallest absolute Gasteiger partial charge is 0.335 e. The number of carboxylic acids is 1. The van der Waals surface area contributed by atoms with Crippen molar-refractivity contribution in [1.29, 1.82) is 0 Å². The molecule has 6 rings (SSSR count). The Morgan fingerprint density at radius 2 is 1.86 bits per heavy atom. The van der Waals surface area contributed by atoms with Crippen molar-refractivity contribution in [2.75, 3.05) is 7.11 Å². The van der Waals surface area contributed by atoms with Crippen molar-refractivity contribution in [2.24, 2.45) is 5.41 Å². The molecule has 0 saturated heterocycles. The Balaban J connectivity index is 1.28. The van der Waals surface area contributed by atoms with E-state index in [1.54, 1.807) is 30.3 Å². The van der Waals surface area contributed by atoms with Crippen molar-refractivity contribution >= 4 is 28.6 Å². The minimum Gasteiger partial charge on any atom is -0.496 e. The second kappa shape index (κ2) is 11.8. The zero-order valence-corrected chi connectivity index (χ0v) is 24.9. The van der Waals surface area contributed by atoms with Crippen LogP contribution in [0.4, 0.5) is 8.78 Å². The highest BCUT2D eigenvalue weighted by Crippen LogP contribution is 2.50. The molecule has 1 aliphatic rings. The second-order valence-corrected chi connectivity index (χ2v) is 11.5. The molecule has 11 heteroatoms. The van der Waals surface area contributed by atoms with Crippen LogP contribution in [0.25, 0.3) is 22.3 Å². The molecule has 3 aromatic carbocycles. The van der Waals surface area contributed by atoms with Crippen LogP contribution in [0, 0.1) is 17.0 Å². The zero-order chi connectivity index (χ0) is 31.0. The number of hydrogen-bond donors (Lipinski definition) is 1. The van der Waals surface area contributed by atoms with Crippen molar-refractivity contribution in [3.05, 3.63) is 100.0 Å². The Morgan fingerprint density at radius 3 is 2.59 bits per heavy atom. The van der Waals surface area contributed by atoms with Gasteiger partial charge in [0.25, 0.3) is 0 Å². The molecule has 1 N–H and O–H groups in total. The van der Waals surface area contributed by atoms with E-state index in [9.17, 15) is 9.90 Å². The Bertz CT molecular complexity index is 1890. The minimum atomic E-state index is -1.04. The molecule has 0 spiro atoms. The van der Waals surface area contributed by atoms with Crippen molar-refractivity contribution < 1.29 is 28.2 Å². The van der Waals surface area contributed by atoms with E-state index in [1.807, 2.05) is 4.57 Å². The summed E-state index contributed by atoms with van der Waals surface area (Å²) >= 11 is 6.03. The van der Waals surface area contributed by atoms with Crippen LogP contribution in [-0.4, -0.2) is 37.7 Å². The van der Waals surface area contributed by atoms with Gasteiger partial charge in [0.15, 0.2) is 0 Å². The largest absolute Gasteiger partial charge is 0.496 e. The molecule has 0 amide bonds. The van der Waals surface area contributed by atoms with Gasteiger partial charge in [0.1, 0.15) is 29.8 Å². The van der Waals surface area contributed by atoms with E-state index < -0.39 is 17.6 Å². The maximum Gasteiger partial charge on any atom is 0.335 e. The van der Waals surface area contributed by atoms with Gasteiger partial charge in [-0.05, 0) is 78.8 Å². The third-order valence-corrected chi connectivity index (χ3v) is 8.51. The number of aromatic nitrogens is 4. The van der Waals surface area contributed by atoms with Gasteiger partial charge in [-0.25, -0.2) is 23.5 Å². The summed E-state index contributed by atoms with van der Waals surface area (Å²) in [6, 6.07) is 13.6. The summed E-state index contributed by atoms with van der Waals surface area (Å²) in [6.07, 6.45) is 4.51. The number of ether oxygens (including phenoxy) is 2. The highest BCUT2D eigenvalue weighted by atomic mass is 35.5. The molecule has 0 atom stereocenters. The van der Waals surface area contributed by atoms with Crippen LogP contribution in [0.1, 0.15) is 53.5 Å². The molecule has 8 nitrogen and oxygen atoms in total. The first-order valence-corrected chi connectivity index (χ1v) is 14.6. The van der Waals surface area contributed by atoms with Crippen LogP contribution in [0.3, 0.4) is 0 Å². The Labute approximate surface area is 257 Å². The van der Waals surface area contributed by atoms with E-state index in [0.717, 1.165) is 31.4 Å². The Hall–Kier alpha value is -4.57. The number of methoxy groups -OCH3 is 1. The maximum absolute atomic E-state index is 15.6. The number of carboxylic acid groups (broad SMARTS) is 1. The van der Waals surface area contributed by atoms with Gasteiger partial charge >= 0.3 is 12.0 Å². The van der Waals surface area contributed by atoms with Crippen LogP contribution >= 0.6 is 11.6 Å². The second-order valence-electron chi connectivity index (χ2n) is 11.0. The molecular formula is C33H29ClF2N4O4. The number of rotatable bonds is 11. The van der Waals surface area contributed by atoms with Gasteiger partial charge in [0.2, 0.25) is 0 Å². The van der Waals surface area contributed by atoms with Gasteiger partial charge in [-0.2, -0.15) is 4.98 Å². The number of aromatic carboxylic acids is 1. The fraction of sp³-hybridized carbons (Fsp3) is 0.273. The monoisotopic (exact) mass is 618 g/mol. The molecule has 1 aliphatic carbocycles. The van der Waals surface area contributed by atoms with E-state index in [2.05, 4.69) is 16.9 Å². The highest BCUT2D eigenvalue weighted by molar-refractivity contribution is 6.30. The van der Waals surface area contributed by atoms with Gasteiger partial charge in [-0.15, -0.1) is 0 Å². The molecule has 0 aliphatic heterocycles. The number of imidazole rings is 1. The molecule has 2 heterocycles. The highest BCUT2D eigenvalue weighted by Gasteiger charge is 2.41. The average Bonchev–Trinajstić information content (AvgIpc) is 3.72. The third-order valence-electron chi connectivity index (χ3n) is 8.27. The predicted molar refractivity (Wildman–Crippen MR) is 161 cm³/mol. The van der Waals surface area contributed by atoms with Gasteiger partial charge in [-0.3, -0.25) is 0 Å². The number of carbonyl (C=O) groups is 1. The van der Waals surface area contributed by atoms with Crippen molar-refractivity contribution in [1.82, 2.24) is 19.5 Å². The topological polar surface area (TPSA) is 99.4 Å². The van der Waals surface area contributed by atoms with Crippen LogP contribution in [-0.2, 0) is 19.6 Å². The molecule has 0 radical (unpaired) electrons. The lowest BCUT2D eigenvalue weighted by Gasteiger charge is -2.17. The molecule has 1 saturated carbocycles. The summed E-state index contributed by atoms with van der Waals surface area (Å²) in [4.78, 5) is 24.8. The maximum atomic E-state index is 15.6. The molecule has 44 heavy (non-hydrogen) atoms. The summed E-state index contributed by atoms with van der Waals surface area (Å²) in [6.45, 7) is 2.83. The fourth-order valence-electron chi connectivity index (χ4n) is 5.38. The molecule has 1 fully saturated rings. The summed E-state index contributed by atoms with van der Waals surface area (Å²) < 4.78 is 44.1. The van der Waals surface area contributed by atoms with Crippen LogP contribution < -0.4 is 9.47 Å². The summed E-state index contributed by atoms with van der Waals surface area (Å²) in [5, 5.41) is 10.1. The standard InChI is InChI=1S/C33H29ClF2N4O4/c1-3-33(9-10-33)18-40-28-13-19(31(41)42)5-7-27(28)38-30(40)14-21-12-25(36)23(16-24(21)35)26-8-11-37-32(39-26)44-17-20-4-6-22(34)15-29(20)43-2/h4-8,11-13,15-16H,3,9-10,14,17-18H2,1-2H3,(H,41,42). The van der Waals surface area contributed by atoms with Gasteiger partial charge in [0, 0.05) is 35.3 Å². The summed E-state index contributed by atoms with van der Waals surface area (Å²) in [7, 11) is 1.52. The van der Waals surface area contributed by atoms with Gasteiger partial charge in [0.05, 0.1) is 29.4 Å². The first-order valence-electron chi connectivity index (χ1n) is 14.2. The van der Waals surface area contributed by atoms with Gasteiger partial charge < -0.3 is 19.1 Å². The zero-order valence-electron chi connectivity index (χ0n) is 24.1. The van der Waals surface area contributed by atoms with E-state index >= 15 is 8.78 Å². The van der Waals surface area contributed by atoms with E-state index in [0.29, 0.717) is 39.7 Å². The van der Waals surface area contributed by atoms with Crippen LogP contribution in [0.5, 0.6) is 11.8 Å². The number of hydrogen-bond acceptors (Lipinski definition) is 6. The molecule has 2 aromatic heterocycles. The van der Waals surface area contributed by atoms with Crippen molar-refractivity contribution in [2.45, 2.75) is 45.8 Å². The van der Waals surface area contributed by atoms with E-state index in [-0.39, 0.29) is 46.8 Å². The Kier molecular flexibility index (Phi) is 7.94. The van der Waals surface area contributed by atoms with E-state index in [4.69, 9.17) is 26.1 Å². The lowest BCUT2D eigenvalue weighted by atomic mass is 10.0. The molecule has 0 bridgehead atoms. The number of nitrogens with zero attached hydrogens (tertiary/aromatic N) is 4. The van der Waals surface area contributed by atoms with Crippen molar-refractivity contribution in [3.8, 4) is 23.0 Å². The third kappa shape index (κ3) is 5.94. The normalized spacial score (nSPS) is 13.7. The quantitative estimate of drug-likeness (QED) is 0.164. The first-order chi connectivity index (χ1) is 21.2. The van der Waals surface area contributed by atoms with Gasteiger partial charge in [-0.1, -0.05) is 24.6 Å². The number of benzene rings is 3. The lowest BCUT2D eigenvalue weighted by molar-refractivity contribution is 0.0697. The number of halogens is 3. The SMILES string of the molecule is CCC1(Cn2c(Cc3cc(F)c(-c4ccnc(OCc5ccc(Cl)cc5OC)n4)cc3F)nc3ccc(C(=O)O)cc32)CC1. The minimum absolute atomic E-state index is 0.0113. The lowest BCUT2D eigenvalue weighted by Crippen LogP contribution is -2.14. The van der Waals surface area contributed by atoms with Crippen LogP contribution in [0.2, 0.25) is 5.02 Å². The molecule has 5 aromatic rings. The number of fused-ring (bicyclic) bond motifs is 1. The summed E-state index contributed by atoms with van der Waals surface area (Å²) in [5.74, 6) is -1.23. The fourth-order valence-corrected chi connectivity index (χ4v) is 5.55.